The van der Waals surface area contributed by atoms with Crippen LogP contribution in [-0.4, -0.2) is 30.6 Å². The molecule has 0 bridgehead atoms. The van der Waals surface area contributed by atoms with Gasteiger partial charge in [0.1, 0.15) is 11.9 Å². The number of rotatable bonds is 8. The van der Waals surface area contributed by atoms with Crippen LogP contribution < -0.4 is 4.74 Å². The van der Waals surface area contributed by atoms with Crippen LogP contribution in [0.2, 0.25) is 0 Å². The lowest BCUT2D eigenvalue weighted by molar-refractivity contribution is -0.138. The van der Waals surface area contributed by atoms with Crippen molar-refractivity contribution in [2.45, 2.75) is 39.2 Å². The summed E-state index contributed by atoms with van der Waals surface area (Å²) in [6, 6.07) is 4.41. The number of benzene rings is 1. The van der Waals surface area contributed by atoms with Gasteiger partial charge < -0.3 is 14.6 Å². The first-order chi connectivity index (χ1) is 11.3. The first kappa shape index (κ1) is 21.4. The van der Waals surface area contributed by atoms with Gasteiger partial charge in [0, 0.05) is 5.56 Å². The van der Waals surface area contributed by atoms with Crippen LogP contribution in [0.3, 0.4) is 0 Å². The minimum Gasteiger partial charge on any atom is -0.504 e. The molecule has 5 heteroatoms. The van der Waals surface area contributed by atoms with Crippen LogP contribution in [0.4, 0.5) is 0 Å². The zero-order chi connectivity index (χ0) is 18.6. The van der Waals surface area contributed by atoms with E-state index in [0.29, 0.717) is 24.1 Å². The summed E-state index contributed by atoms with van der Waals surface area (Å²) in [7, 11) is 1.43. The molecule has 0 aliphatic heterocycles. The molecule has 0 fully saturated rings. The quantitative estimate of drug-likeness (QED) is 0.573. The number of ether oxygens (including phenoxy) is 2. The van der Waals surface area contributed by atoms with Crippen LogP contribution in [0.5, 0.6) is 11.5 Å². The number of allylic oxidation sites excluding steroid dienone is 2. The highest BCUT2D eigenvalue weighted by molar-refractivity contribution is 5.76. The molecule has 1 unspecified atom stereocenters. The number of hydrogen-bond donors (Lipinski definition) is 1. The molecule has 0 amide bonds. The first-order valence-corrected chi connectivity index (χ1v) is 7.52. The Hall–Kier alpha value is -2.56. The van der Waals surface area contributed by atoms with Crippen molar-refractivity contribution in [3.8, 4) is 11.5 Å². The lowest BCUT2D eigenvalue weighted by atomic mass is 9.99. The highest BCUT2D eigenvalue weighted by atomic mass is 16.5. The fourth-order valence-corrected chi connectivity index (χ4v) is 1.73. The Kier molecular flexibility index (Phi) is 9.87. The maximum absolute atomic E-state index is 10.2. The standard InChI is InChI=1S/C11H18O2.C8H8O3/c1-5-11(4,13-9-12)8-6-7-10(2)3;1-11-8-4-6(5-9)2-3-7(8)10/h5,7,9H,1,6,8H2,2-4H3;2-5,10H,1H3. The van der Waals surface area contributed by atoms with Crippen molar-refractivity contribution in [1.82, 2.24) is 0 Å². The smallest absolute Gasteiger partial charge is 0.293 e. The van der Waals surface area contributed by atoms with Gasteiger partial charge in [0.15, 0.2) is 11.5 Å². The average Bonchev–Trinajstić information content (AvgIpc) is 2.56. The molecule has 0 radical (unpaired) electrons. The third kappa shape index (κ3) is 8.17. The van der Waals surface area contributed by atoms with Gasteiger partial charge in [0.05, 0.1) is 7.11 Å². The van der Waals surface area contributed by atoms with Crippen molar-refractivity contribution in [1.29, 1.82) is 0 Å². The molecule has 0 aliphatic carbocycles. The summed E-state index contributed by atoms with van der Waals surface area (Å²) in [6.45, 7) is 10.1. The number of carbonyl (C=O) groups excluding carboxylic acids is 2. The van der Waals surface area contributed by atoms with Crippen LogP contribution in [0.25, 0.3) is 0 Å². The second-order valence-corrected chi connectivity index (χ2v) is 5.60. The van der Waals surface area contributed by atoms with E-state index >= 15 is 0 Å². The minimum absolute atomic E-state index is 0.0399. The predicted octanol–water partition coefficient (Wildman–Crippen LogP) is 4.06. The van der Waals surface area contributed by atoms with Crippen LogP contribution in [0.1, 0.15) is 44.0 Å². The van der Waals surface area contributed by atoms with E-state index in [4.69, 9.17) is 14.6 Å². The molecule has 5 nitrogen and oxygen atoms in total. The second-order valence-electron chi connectivity index (χ2n) is 5.60. The van der Waals surface area contributed by atoms with Gasteiger partial charge in [-0.3, -0.25) is 9.59 Å². The highest BCUT2D eigenvalue weighted by Crippen LogP contribution is 2.25. The first-order valence-electron chi connectivity index (χ1n) is 7.52. The largest absolute Gasteiger partial charge is 0.504 e. The average molecular weight is 334 g/mol. The molecule has 0 aromatic heterocycles. The van der Waals surface area contributed by atoms with Gasteiger partial charge in [-0.15, -0.1) is 0 Å². The Morgan fingerprint density at radius 3 is 2.46 bits per heavy atom. The van der Waals surface area contributed by atoms with Gasteiger partial charge in [-0.2, -0.15) is 0 Å². The molecule has 0 saturated carbocycles. The molecule has 0 saturated heterocycles. The topological polar surface area (TPSA) is 72.8 Å². The van der Waals surface area contributed by atoms with E-state index in [9.17, 15) is 9.59 Å². The van der Waals surface area contributed by atoms with Crippen molar-refractivity contribution in [2.75, 3.05) is 7.11 Å². The molecule has 1 N–H and O–H groups in total. The second kappa shape index (κ2) is 11.0. The third-order valence-electron chi connectivity index (χ3n) is 3.28. The Morgan fingerprint density at radius 1 is 1.33 bits per heavy atom. The van der Waals surface area contributed by atoms with E-state index in [1.165, 1.54) is 30.9 Å². The van der Waals surface area contributed by atoms with E-state index in [-0.39, 0.29) is 5.75 Å². The zero-order valence-corrected chi connectivity index (χ0v) is 14.7. The van der Waals surface area contributed by atoms with E-state index in [1.807, 2.05) is 20.8 Å². The van der Waals surface area contributed by atoms with Crippen LogP contribution in [0.15, 0.2) is 42.5 Å². The van der Waals surface area contributed by atoms with Gasteiger partial charge in [0.2, 0.25) is 0 Å². The van der Waals surface area contributed by atoms with E-state index < -0.39 is 5.60 Å². The molecule has 1 atom stereocenters. The monoisotopic (exact) mass is 334 g/mol. The van der Waals surface area contributed by atoms with Crippen molar-refractivity contribution >= 4 is 12.8 Å². The number of carbonyl (C=O) groups is 2. The number of methoxy groups -OCH3 is 1. The molecule has 0 heterocycles. The van der Waals surface area contributed by atoms with Crippen molar-refractivity contribution in [2.24, 2.45) is 0 Å². The molecule has 24 heavy (non-hydrogen) atoms. The normalized spacial score (nSPS) is 11.8. The zero-order valence-electron chi connectivity index (χ0n) is 14.7. The van der Waals surface area contributed by atoms with Crippen LogP contribution in [0, 0.1) is 0 Å². The Balaban J connectivity index is 0.000000446. The Bertz CT molecular complexity index is 573. The van der Waals surface area contributed by atoms with E-state index in [0.717, 1.165) is 12.8 Å². The van der Waals surface area contributed by atoms with Crippen molar-refractivity contribution < 1.29 is 24.2 Å². The summed E-state index contributed by atoms with van der Waals surface area (Å²) in [4.78, 5) is 20.4. The summed E-state index contributed by atoms with van der Waals surface area (Å²) in [5.74, 6) is 0.354. The number of phenols is 1. The molecular weight excluding hydrogens is 308 g/mol. The fraction of sp³-hybridized carbons (Fsp3) is 0.368. The third-order valence-corrected chi connectivity index (χ3v) is 3.28. The maximum atomic E-state index is 10.2. The summed E-state index contributed by atoms with van der Waals surface area (Å²) < 4.78 is 9.71. The summed E-state index contributed by atoms with van der Waals surface area (Å²) in [5, 5.41) is 9.09. The Morgan fingerprint density at radius 2 is 2.00 bits per heavy atom. The van der Waals surface area contributed by atoms with Gasteiger partial charge in [-0.25, -0.2) is 0 Å². The number of hydrogen-bond acceptors (Lipinski definition) is 5. The lowest BCUT2D eigenvalue weighted by Crippen LogP contribution is -2.24. The Labute approximate surface area is 143 Å². The van der Waals surface area contributed by atoms with Crippen molar-refractivity contribution in [3.05, 3.63) is 48.1 Å². The molecule has 1 rings (SSSR count). The SMILES string of the molecule is C=CC(C)(CCC=C(C)C)OC=O.COc1cc(C=O)ccc1O. The fourth-order valence-electron chi connectivity index (χ4n) is 1.73. The number of aldehydes is 1. The molecular formula is C19H26O5. The molecule has 1 aromatic carbocycles. The van der Waals surface area contributed by atoms with Crippen LogP contribution in [-0.2, 0) is 9.53 Å². The summed E-state index contributed by atoms with van der Waals surface area (Å²) >= 11 is 0. The van der Waals surface area contributed by atoms with Gasteiger partial charge >= 0.3 is 0 Å². The van der Waals surface area contributed by atoms with Gasteiger partial charge in [-0.1, -0.05) is 18.2 Å². The highest BCUT2D eigenvalue weighted by Gasteiger charge is 2.19. The minimum atomic E-state index is -0.520. The molecule has 0 spiro atoms. The van der Waals surface area contributed by atoms with Gasteiger partial charge in [0.25, 0.3) is 6.47 Å². The maximum Gasteiger partial charge on any atom is 0.293 e. The van der Waals surface area contributed by atoms with Gasteiger partial charge in [-0.05, 0) is 57.9 Å². The van der Waals surface area contributed by atoms with E-state index in [1.54, 1.807) is 6.08 Å². The molecule has 132 valence electrons. The van der Waals surface area contributed by atoms with E-state index in [2.05, 4.69) is 12.7 Å². The van der Waals surface area contributed by atoms with Crippen molar-refractivity contribution in [3.63, 3.8) is 0 Å². The summed E-state index contributed by atoms with van der Waals surface area (Å²) in [6.07, 6.45) is 6.16. The molecule has 0 aliphatic rings. The number of aromatic hydroxyl groups is 1. The van der Waals surface area contributed by atoms with Crippen LogP contribution >= 0.6 is 0 Å². The lowest BCUT2D eigenvalue weighted by Gasteiger charge is -2.22. The predicted molar refractivity (Wildman–Crippen MR) is 94.5 cm³/mol. The molecule has 1 aromatic rings. The number of phenolic OH excluding ortho intramolecular Hbond substituents is 1. The summed E-state index contributed by atoms with van der Waals surface area (Å²) in [5.41, 5.74) is 1.24.